The van der Waals surface area contributed by atoms with Gasteiger partial charge in [0.15, 0.2) is 0 Å². The lowest BCUT2D eigenvalue weighted by molar-refractivity contribution is -0.130. The third kappa shape index (κ3) is 5.30. The molecule has 0 radical (unpaired) electrons. The Labute approximate surface area is 149 Å². The predicted molar refractivity (Wildman–Crippen MR) is 96.5 cm³/mol. The molecule has 0 saturated carbocycles. The van der Waals surface area contributed by atoms with Crippen molar-refractivity contribution in [3.8, 4) is 0 Å². The maximum atomic E-state index is 12.2. The first-order valence-corrected chi connectivity index (χ1v) is 8.74. The Morgan fingerprint density at radius 3 is 2.84 bits per heavy atom. The fraction of sp³-hybridized carbons (Fsp3) is 0.647. The van der Waals surface area contributed by atoms with Crippen LogP contribution in [0.25, 0.3) is 0 Å². The molecule has 1 aromatic rings. The summed E-state index contributed by atoms with van der Waals surface area (Å²) in [5, 5.41) is 5.66. The molecule has 2 atom stereocenters. The number of likely N-dealkylation sites (N-methyl/N-ethyl adjacent to an activating group) is 1. The van der Waals surface area contributed by atoms with Gasteiger partial charge >= 0.3 is 6.03 Å². The van der Waals surface area contributed by atoms with Crippen molar-refractivity contribution >= 4 is 17.8 Å². The van der Waals surface area contributed by atoms with E-state index in [9.17, 15) is 9.59 Å². The minimum atomic E-state index is -0.552. The van der Waals surface area contributed by atoms with Gasteiger partial charge in [-0.1, -0.05) is 6.92 Å². The Kier molecular flexibility index (Phi) is 6.55. The molecule has 1 fully saturated rings. The normalized spacial score (nSPS) is 18.4. The Balaban J connectivity index is 1.90. The number of hydrogen-bond acceptors (Lipinski definition) is 5. The number of rotatable bonds is 5. The van der Waals surface area contributed by atoms with E-state index < -0.39 is 6.04 Å². The van der Waals surface area contributed by atoms with Gasteiger partial charge in [-0.2, -0.15) is 0 Å². The van der Waals surface area contributed by atoms with E-state index in [1.54, 1.807) is 27.3 Å². The van der Waals surface area contributed by atoms with Crippen molar-refractivity contribution in [3.63, 3.8) is 0 Å². The van der Waals surface area contributed by atoms with Crippen LogP contribution in [0.3, 0.4) is 0 Å². The maximum Gasteiger partial charge on any atom is 0.315 e. The standard InChI is InChI=1S/C17H28N6O2/c1-5-13-9-15(19-11-18-13)23-8-6-7-14(10-23)21-17(25)20-12(2)16(24)22(3)4/h9,11-12,14H,5-8,10H2,1-4H3,(H2,20,21,25)/t12-,14?/m0/s1. The van der Waals surface area contributed by atoms with Gasteiger partial charge in [0.05, 0.1) is 0 Å². The van der Waals surface area contributed by atoms with Gasteiger partial charge in [0.1, 0.15) is 18.2 Å². The first kappa shape index (κ1) is 19.0. The van der Waals surface area contributed by atoms with Crippen LogP contribution in [0.15, 0.2) is 12.4 Å². The van der Waals surface area contributed by atoms with Gasteiger partial charge in [-0.3, -0.25) is 4.79 Å². The third-order valence-corrected chi connectivity index (χ3v) is 4.31. The van der Waals surface area contributed by atoms with Crippen LogP contribution in [0.1, 0.15) is 32.4 Å². The molecule has 0 aliphatic carbocycles. The monoisotopic (exact) mass is 348 g/mol. The van der Waals surface area contributed by atoms with Crippen LogP contribution in [-0.2, 0) is 11.2 Å². The molecule has 1 aromatic heterocycles. The number of aryl methyl sites for hydroxylation is 1. The van der Waals surface area contributed by atoms with Gasteiger partial charge in [-0.15, -0.1) is 0 Å². The second-order valence-corrected chi connectivity index (χ2v) is 6.58. The van der Waals surface area contributed by atoms with Gasteiger partial charge in [-0.05, 0) is 26.2 Å². The van der Waals surface area contributed by atoms with Crippen LogP contribution in [0, 0.1) is 0 Å². The Hall–Kier alpha value is -2.38. The molecule has 138 valence electrons. The SMILES string of the molecule is CCc1cc(N2CCCC(NC(=O)N[C@@H](C)C(=O)N(C)C)C2)ncn1. The average molecular weight is 348 g/mol. The predicted octanol–water partition coefficient (Wildman–Crippen LogP) is 0.784. The summed E-state index contributed by atoms with van der Waals surface area (Å²) in [6.07, 6.45) is 4.34. The van der Waals surface area contributed by atoms with Crippen LogP contribution in [0.5, 0.6) is 0 Å². The molecule has 1 unspecified atom stereocenters. The number of aromatic nitrogens is 2. The van der Waals surface area contributed by atoms with Crippen LogP contribution in [0.4, 0.5) is 10.6 Å². The Bertz CT molecular complexity index is 607. The van der Waals surface area contributed by atoms with E-state index in [0.717, 1.165) is 37.3 Å². The summed E-state index contributed by atoms with van der Waals surface area (Å²) in [5.41, 5.74) is 1.01. The number of carbonyl (C=O) groups is 2. The summed E-state index contributed by atoms with van der Waals surface area (Å²) >= 11 is 0. The fourth-order valence-electron chi connectivity index (χ4n) is 2.93. The first-order chi connectivity index (χ1) is 11.9. The van der Waals surface area contributed by atoms with Crippen LogP contribution in [0.2, 0.25) is 0 Å². The summed E-state index contributed by atoms with van der Waals surface area (Å²) in [6, 6.07) is 1.16. The van der Waals surface area contributed by atoms with Crippen molar-refractivity contribution in [1.82, 2.24) is 25.5 Å². The third-order valence-electron chi connectivity index (χ3n) is 4.31. The number of carbonyl (C=O) groups excluding carboxylic acids is 2. The van der Waals surface area contributed by atoms with Crippen LogP contribution in [-0.4, -0.2) is 66.1 Å². The maximum absolute atomic E-state index is 12.2. The first-order valence-electron chi connectivity index (χ1n) is 8.74. The second-order valence-electron chi connectivity index (χ2n) is 6.58. The van der Waals surface area contributed by atoms with E-state index in [0.29, 0.717) is 6.54 Å². The highest BCUT2D eigenvalue weighted by Crippen LogP contribution is 2.18. The summed E-state index contributed by atoms with van der Waals surface area (Å²) in [5.74, 6) is 0.767. The van der Waals surface area contributed by atoms with Gasteiger partial charge in [-0.25, -0.2) is 14.8 Å². The van der Waals surface area contributed by atoms with E-state index in [2.05, 4.69) is 32.4 Å². The summed E-state index contributed by atoms with van der Waals surface area (Å²) in [7, 11) is 3.34. The molecule has 3 amide bonds. The summed E-state index contributed by atoms with van der Waals surface area (Å²) in [6.45, 7) is 5.36. The molecular weight excluding hydrogens is 320 g/mol. The van der Waals surface area contributed by atoms with Crippen molar-refractivity contribution < 1.29 is 9.59 Å². The average Bonchev–Trinajstić information content (AvgIpc) is 2.61. The summed E-state index contributed by atoms with van der Waals surface area (Å²) < 4.78 is 0. The zero-order valence-electron chi connectivity index (χ0n) is 15.5. The fourth-order valence-corrected chi connectivity index (χ4v) is 2.93. The smallest absolute Gasteiger partial charge is 0.315 e. The van der Waals surface area contributed by atoms with Crippen LogP contribution < -0.4 is 15.5 Å². The largest absolute Gasteiger partial charge is 0.354 e. The molecular formula is C17H28N6O2. The van der Waals surface area contributed by atoms with E-state index in [-0.39, 0.29) is 18.0 Å². The highest BCUT2D eigenvalue weighted by molar-refractivity contribution is 5.86. The number of anilines is 1. The molecule has 1 saturated heterocycles. The van der Waals surface area contributed by atoms with Crippen LogP contribution >= 0.6 is 0 Å². The van der Waals surface area contributed by atoms with Gasteiger partial charge in [0, 0.05) is 45.0 Å². The Morgan fingerprint density at radius 2 is 2.16 bits per heavy atom. The van der Waals surface area contributed by atoms with E-state index in [1.807, 2.05) is 6.07 Å². The van der Waals surface area contributed by atoms with E-state index >= 15 is 0 Å². The number of hydrogen-bond donors (Lipinski definition) is 2. The minimum absolute atomic E-state index is 0.0236. The highest BCUT2D eigenvalue weighted by atomic mass is 16.2. The lowest BCUT2D eigenvalue weighted by atomic mass is 10.1. The molecule has 1 aliphatic rings. The zero-order valence-corrected chi connectivity index (χ0v) is 15.5. The molecule has 8 heteroatoms. The van der Waals surface area contributed by atoms with Crippen molar-refractivity contribution in [3.05, 3.63) is 18.1 Å². The van der Waals surface area contributed by atoms with Crippen molar-refractivity contribution in [2.45, 2.75) is 45.2 Å². The molecule has 25 heavy (non-hydrogen) atoms. The highest BCUT2D eigenvalue weighted by Gasteiger charge is 2.24. The number of piperidine rings is 1. The van der Waals surface area contributed by atoms with Gasteiger partial charge in [0.25, 0.3) is 0 Å². The minimum Gasteiger partial charge on any atom is -0.354 e. The number of urea groups is 1. The molecule has 2 heterocycles. The van der Waals surface area contributed by atoms with Crippen molar-refractivity contribution in [2.24, 2.45) is 0 Å². The zero-order chi connectivity index (χ0) is 18.4. The molecule has 0 spiro atoms. The lowest BCUT2D eigenvalue weighted by Gasteiger charge is -2.34. The van der Waals surface area contributed by atoms with Crippen molar-refractivity contribution in [1.29, 1.82) is 0 Å². The molecule has 0 bridgehead atoms. The molecule has 1 aliphatic heterocycles. The molecule has 2 rings (SSSR count). The topological polar surface area (TPSA) is 90.5 Å². The number of amides is 3. The molecule has 8 nitrogen and oxygen atoms in total. The lowest BCUT2D eigenvalue weighted by Crippen LogP contribution is -2.54. The Morgan fingerprint density at radius 1 is 1.40 bits per heavy atom. The van der Waals surface area contributed by atoms with Crippen molar-refractivity contribution in [2.75, 3.05) is 32.1 Å². The summed E-state index contributed by atoms with van der Waals surface area (Å²) in [4.78, 5) is 36.2. The molecule has 2 N–H and O–H groups in total. The van der Waals surface area contributed by atoms with E-state index in [1.165, 1.54) is 4.90 Å². The van der Waals surface area contributed by atoms with E-state index in [4.69, 9.17) is 0 Å². The second kappa shape index (κ2) is 8.64. The number of nitrogens with one attached hydrogen (secondary N) is 2. The quantitative estimate of drug-likeness (QED) is 0.821. The van der Waals surface area contributed by atoms with Gasteiger partial charge in [0.2, 0.25) is 5.91 Å². The van der Waals surface area contributed by atoms with Gasteiger partial charge < -0.3 is 20.4 Å². The number of nitrogens with zero attached hydrogens (tertiary/aromatic N) is 4. The molecule has 0 aromatic carbocycles.